The van der Waals surface area contributed by atoms with E-state index in [0.29, 0.717) is 24.9 Å². The van der Waals surface area contributed by atoms with Gasteiger partial charge in [0.15, 0.2) is 0 Å². The predicted octanol–water partition coefficient (Wildman–Crippen LogP) is 2.73. The van der Waals surface area contributed by atoms with Gasteiger partial charge in [-0.15, -0.1) is 0 Å². The summed E-state index contributed by atoms with van der Waals surface area (Å²) in [5.41, 5.74) is 0. The van der Waals surface area contributed by atoms with Crippen LogP contribution in [0.15, 0.2) is 0 Å². The fraction of sp³-hybridized carbons (Fsp3) is 0.882. The van der Waals surface area contributed by atoms with Gasteiger partial charge in [0.2, 0.25) is 5.91 Å². The SMILES string of the molecule is O=C(O)CCC(CC1CCCCC1)NC(=O)COCC1CC1. The van der Waals surface area contributed by atoms with Crippen LogP contribution in [0.25, 0.3) is 0 Å². The number of carbonyl (C=O) groups is 2. The van der Waals surface area contributed by atoms with Crippen molar-refractivity contribution in [3.8, 4) is 0 Å². The summed E-state index contributed by atoms with van der Waals surface area (Å²) in [4.78, 5) is 22.8. The van der Waals surface area contributed by atoms with Crippen LogP contribution in [-0.2, 0) is 14.3 Å². The third kappa shape index (κ3) is 7.25. The van der Waals surface area contributed by atoms with Crippen molar-refractivity contribution >= 4 is 11.9 Å². The van der Waals surface area contributed by atoms with Crippen LogP contribution in [0.2, 0.25) is 0 Å². The van der Waals surface area contributed by atoms with Crippen molar-refractivity contribution in [2.75, 3.05) is 13.2 Å². The molecule has 126 valence electrons. The summed E-state index contributed by atoms with van der Waals surface area (Å²) in [6.07, 6.45) is 10.2. The Morgan fingerprint density at radius 2 is 1.82 bits per heavy atom. The first kappa shape index (κ1) is 17.3. The smallest absolute Gasteiger partial charge is 0.303 e. The first-order valence-electron chi connectivity index (χ1n) is 8.72. The van der Waals surface area contributed by atoms with Gasteiger partial charge in [-0.2, -0.15) is 0 Å². The second-order valence-electron chi connectivity index (χ2n) is 6.90. The summed E-state index contributed by atoms with van der Waals surface area (Å²) in [6.45, 7) is 0.778. The van der Waals surface area contributed by atoms with Crippen LogP contribution in [0.1, 0.15) is 64.2 Å². The van der Waals surface area contributed by atoms with Crippen molar-refractivity contribution in [2.24, 2.45) is 11.8 Å². The molecule has 0 spiro atoms. The fourth-order valence-corrected chi connectivity index (χ4v) is 3.24. The van der Waals surface area contributed by atoms with E-state index in [1.54, 1.807) is 0 Å². The lowest BCUT2D eigenvalue weighted by Crippen LogP contribution is -2.39. The first-order chi connectivity index (χ1) is 10.6. The molecule has 2 rings (SSSR count). The second-order valence-corrected chi connectivity index (χ2v) is 6.90. The Labute approximate surface area is 132 Å². The van der Waals surface area contributed by atoms with Gasteiger partial charge < -0.3 is 15.2 Å². The van der Waals surface area contributed by atoms with Gasteiger partial charge in [-0.1, -0.05) is 32.1 Å². The van der Waals surface area contributed by atoms with E-state index < -0.39 is 5.97 Å². The highest BCUT2D eigenvalue weighted by atomic mass is 16.5. The van der Waals surface area contributed by atoms with Crippen molar-refractivity contribution in [3.63, 3.8) is 0 Å². The lowest BCUT2D eigenvalue weighted by molar-refractivity contribution is -0.137. The highest BCUT2D eigenvalue weighted by Crippen LogP contribution is 2.29. The predicted molar refractivity (Wildman–Crippen MR) is 83.5 cm³/mol. The number of rotatable bonds is 10. The van der Waals surface area contributed by atoms with Gasteiger partial charge in [0.1, 0.15) is 6.61 Å². The quantitative estimate of drug-likeness (QED) is 0.650. The van der Waals surface area contributed by atoms with Gasteiger partial charge >= 0.3 is 5.97 Å². The van der Waals surface area contributed by atoms with Gasteiger partial charge in [0.25, 0.3) is 0 Å². The third-order valence-electron chi connectivity index (χ3n) is 4.70. The monoisotopic (exact) mass is 311 g/mol. The Morgan fingerprint density at radius 3 is 2.45 bits per heavy atom. The van der Waals surface area contributed by atoms with E-state index in [0.717, 1.165) is 6.42 Å². The van der Waals surface area contributed by atoms with Crippen molar-refractivity contribution in [1.82, 2.24) is 5.32 Å². The van der Waals surface area contributed by atoms with Gasteiger partial charge in [0.05, 0.1) is 6.61 Å². The highest BCUT2D eigenvalue weighted by molar-refractivity contribution is 5.77. The minimum atomic E-state index is -0.798. The molecule has 1 atom stereocenters. The van der Waals surface area contributed by atoms with Crippen LogP contribution in [0.5, 0.6) is 0 Å². The number of aliphatic carboxylic acids is 1. The van der Waals surface area contributed by atoms with Gasteiger partial charge in [-0.3, -0.25) is 9.59 Å². The van der Waals surface area contributed by atoms with Crippen molar-refractivity contribution < 1.29 is 19.4 Å². The van der Waals surface area contributed by atoms with E-state index in [1.807, 2.05) is 0 Å². The van der Waals surface area contributed by atoms with E-state index in [9.17, 15) is 9.59 Å². The molecule has 5 nitrogen and oxygen atoms in total. The number of carboxylic acids is 1. The molecule has 2 aliphatic rings. The summed E-state index contributed by atoms with van der Waals surface area (Å²) in [5.74, 6) is 0.373. The van der Waals surface area contributed by atoms with Crippen LogP contribution in [0, 0.1) is 11.8 Å². The lowest BCUT2D eigenvalue weighted by Gasteiger charge is -2.27. The summed E-state index contributed by atoms with van der Waals surface area (Å²) in [6, 6.07) is -0.0313. The molecule has 1 unspecified atom stereocenters. The number of carbonyl (C=O) groups excluding carboxylic acids is 1. The molecule has 22 heavy (non-hydrogen) atoms. The van der Waals surface area contributed by atoms with E-state index in [4.69, 9.17) is 9.84 Å². The van der Waals surface area contributed by atoms with Crippen LogP contribution >= 0.6 is 0 Å². The van der Waals surface area contributed by atoms with Gasteiger partial charge in [0, 0.05) is 12.5 Å². The van der Waals surface area contributed by atoms with E-state index in [-0.39, 0.29) is 25.0 Å². The van der Waals surface area contributed by atoms with Gasteiger partial charge in [-0.25, -0.2) is 0 Å². The molecule has 2 N–H and O–H groups in total. The molecule has 0 bridgehead atoms. The largest absolute Gasteiger partial charge is 0.481 e. The minimum Gasteiger partial charge on any atom is -0.481 e. The fourth-order valence-electron chi connectivity index (χ4n) is 3.24. The number of hydrogen-bond donors (Lipinski definition) is 2. The zero-order valence-corrected chi connectivity index (χ0v) is 13.4. The summed E-state index contributed by atoms with van der Waals surface area (Å²) >= 11 is 0. The minimum absolute atomic E-state index is 0.0313. The molecule has 0 radical (unpaired) electrons. The van der Waals surface area contributed by atoms with E-state index in [2.05, 4.69) is 5.32 Å². The Morgan fingerprint density at radius 1 is 1.09 bits per heavy atom. The van der Waals surface area contributed by atoms with Crippen LogP contribution < -0.4 is 5.32 Å². The summed E-state index contributed by atoms with van der Waals surface area (Å²) in [5, 5.41) is 11.9. The average Bonchev–Trinajstić information content (AvgIpc) is 3.30. The molecule has 0 aromatic carbocycles. The normalized spacial score (nSPS) is 20.5. The number of ether oxygens (including phenoxy) is 1. The molecule has 2 saturated carbocycles. The summed E-state index contributed by atoms with van der Waals surface area (Å²) < 4.78 is 5.41. The molecular weight excluding hydrogens is 282 g/mol. The Hall–Kier alpha value is -1.10. The molecule has 2 aliphatic carbocycles. The molecule has 0 heterocycles. The standard InChI is InChI=1S/C17H29NO4/c19-16(12-22-11-14-6-7-14)18-15(8-9-17(20)21)10-13-4-2-1-3-5-13/h13-15H,1-12H2,(H,18,19)(H,20,21). The first-order valence-corrected chi connectivity index (χ1v) is 8.72. The number of amides is 1. The molecule has 0 aromatic heterocycles. The molecule has 2 fully saturated rings. The molecule has 0 aromatic rings. The maximum Gasteiger partial charge on any atom is 0.303 e. The van der Waals surface area contributed by atoms with E-state index in [1.165, 1.54) is 44.9 Å². The van der Waals surface area contributed by atoms with Crippen LogP contribution in [-0.4, -0.2) is 36.2 Å². The lowest BCUT2D eigenvalue weighted by atomic mass is 9.84. The molecule has 0 aliphatic heterocycles. The maximum absolute atomic E-state index is 12.0. The number of hydrogen-bond acceptors (Lipinski definition) is 3. The summed E-state index contributed by atoms with van der Waals surface area (Å²) in [7, 11) is 0. The second kappa shape index (κ2) is 9.13. The zero-order valence-electron chi connectivity index (χ0n) is 13.4. The Balaban J connectivity index is 1.71. The van der Waals surface area contributed by atoms with Crippen LogP contribution in [0.4, 0.5) is 0 Å². The van der Waals surface area contributed by atoms with Crippen molar-refractivity contribution in [1.29, 1.82) is 0 Å². The number of nitrogens with one attached hydrogen (secondary N) is 1. The molecule has 5 heteroatoms. The average molecular weight is 311 g/mol. The highest BCUT2D eigenvalue weighted by Gasteiger charge is 2.23. The molecule has 1 amide bonds. The Bertz CT molecular complexity index is 362. The van der Waals surface area contributed by atoms with Crippen LogP contribution in [0.3, 0.4) is 0 Å². The molecular formula is C17H29NO4. The molecule has 0 saturated heterocycles. The Kier molecular flexibility index (Phi) is 7.16. The van der Waals surface area contributed by atoms with Gasteiger partial charge in [-0.05, 0) is 37.5 Å². The van der Waals surface area contributed by atoms with Crippen molar-refractivity contribution in [2.45, 2.75) is 70.3 Å². The van der Waals surface area contributed by atoms with E-state index >= 15 is 0 Å². The topological polar surface area (TPSA) is 75.6 Å². The third-order valence-corrected chi connectivity index (χ3v) is 4.70. The maximum atomic E-state index is 12.0. The zero-order chi connectivity index (χ0) is 15.8. The van der Waals surface area contributed by atoms with Crippen molar-refractivity contribution in [3.05, 3.63) is 0 Å². The number of carboxylic acid groups (broad SMARTS) is 1.